The Bertz CT molecular complexity index is 786. The number of nitrogens with one attached hydrogen (secondary N) is 1. The van der Waals surface area contributed by atoms with Crippen LogP contribution in [0.15, 0.2) is 42.6 Å². The van der Waals surface area contributed by atoms with Crippen molar-refractivity contribution in [1.82, 2.24) is 14.7 Å². The van der Waals surface area contributed by atoms with Gasteiger partial charge in [-0.1, -0.05) is 29.3 Å². The Morgan fingerprint density at radius 1 is 1.24 bits per heavy atom. The number of aromatic nitrogens is 2. The minimum atomic E-state index is 0.491. The highest BCUT2D eigenvalue weighted by Gasteiger charge is 2.15. The van der Waals surface area contributed by atoms with Crippen molar-refractivity contribution in [2.75, 3.05) is 7.05 Å². The van der Waals surface area contributed by atoms with E-state index in [1.54, 1.807) is 18.2 Å². The van der Waals surface area contributed by atoms with E-state index in [0.717, 1.165) is 11.3 Å². The van der Waals surface area contributed by atoms with Crippen LogP contribution in [-0.2, 0) is 6.54 Å². The van der Waals surface area contributed by atoms with E-state index in [9.17, 15) is 0 Å². The van der Waals surface area contributed by atoms with E-state index >= 15 is 0 Å². The second kappa shape index (κ2) is 5.93. The molecule has 3 aromatic rings. The molecule has 0 atom stereocenters. The smallest absolute Gasteiger partial charge is 0.242 e. The molecule has 108 valence electrons. The summed E-state index contributed by atoms with van der Waals surface area (Å²) in [6.07, 6.45) is 1.95. The second-order valence-corrected chi connectivity index (χ2v) is 5.34. The number of imidazole rings is 1. The van der Waals surface area contributed by atoms with Crippen LogP contribution in [0.3, 0.4) is 0 Å². The van der Waals surface area contributed by atoms with E-state index in [1.165, 1.54) is 0 Å². The lowest BCUT2D eigenvalue weighted by Crippen LogP contribution is -2.08. The van der Waals surface area contributed by atoms with Gasteiger partial charge in [0.05, 0.1) is 5.02 Å². The highest BCUT2D eigenvalue weighted by Crippen LogP contribution is 2.33. The number of benzene rings is 1. The monoisotopic (exact) mass is 321 g/mol. The van der Waals surface area contributed by atoms with Gasteiger partial charge in [-0.15, -0.1) is 0 Å². The molecule has 0 saturated heterocycles. The molecule has 6 heteroatoms. The van der Waals surface area contributed by atoms with Gasteiger partial charge in [0, 0.05) is 23.8 Å². The summed E-state index contributed by atoms with van der Waals surface area (Å²) in [6.45, 7) is 0.624. The van der Waals surface area contributed by atoms with Crippen molar-refractivity contribution in [3.8, 4) is 11.6 Å². The highest BCUT2D eigenvalue weighted by atomic mass is 35.5. The zero-order valence-electron chi connectivity index (χ0n) is 11.3. The van der Waals surface area contributed by atoms with Crippen LogP contribution in [0.25, 0.3) is 5.65 Å². The van der Waals surface area contributed by atoms with Crippen molar-refractivity contribution in [1.29, 1.82) is 0 Å². The van der Waals surface area contributed by atoms with Gasteiger partial charge in [0.2, 0.25) is 5.88 Å². The summed E-state index contributed by atoms with van der Waals surface area (Å²) < 4.78 is 7.85. The van der Waals surface area contributed by atoms with Crippen LogP contribution in [0.4, 0.5) is 0 Å². The Morgan fingerprint density at radius 3 is 2.90 bits per heavy atom. The average Bonchev–Trinajstić information content (AvgIpc) is 2.81. The Kier molecular flexibility index (Phi) is 4.01. The summed E-state index contributed by atoms with van der Waals surface area (Å²) in [5, 5.41) is 4.17. The number of hydrogen-bond donors (Lipinski definition) is 1. The molecule has 0 spiro atoms. The number of ether oxygens (including phenoxy) is 1. The minimum Gasteiger partial charge on any atom is -0.436 e. The molecule has 0 aliphatic carbocycles. The molecule has 1 N–H and O–H groups in total. The van der Waals surface area contributed by atoms with E-state index in [2.05, 4.69) is 10.3 Å². The normalized spacial score (nSPS) is 11.0. The maximum Gasteiger partial charge on any atom is 0.242 e. The third kappa shape index (κ3) is 2.83. The van der Waals surface area contributed by atoms with Crippen molar-refractivity contribution in [2.45, 2.75) is 6.54 Å². The fourth-order valence-corrected chi connectivity index (χ4v) is 2.41. The molecule has 21 heavy (non-hydrogen) atoms. The summed E-state index contributed by atoms with van der Waals surface area (Å²) in [5.41, 5.74) is 1.74. The second-order valence-electron chi connectivity index (χ2n) is 4.50. The fraction of sp³-hybridized carbons (Fsp3) is 0.133. The van der Waals surface area contributed by atoms with Crippen LogP contribution in [-0.4, -0.2) is 16.4 Å². The lowest BCUT2D eigenvalue weighted by atomic mass is 10.3. The molecule has 2 aromatic heterocycles. The number of pyridine rings is 1. The molecule has 1 aromatic carbocycles. The average molecular weight is 322 g/mol. The van der Waals surface area contributed by atoms with Crippen molar-refractivity contribution >= 4 is 28.8 Å². The molecule has 0 unspecified atom stereocenters. The maximum atomic E-state index is 6.14. The van der Waals surface area contributed by atoms with E-state index in [4.69, 9.17) is 27.9 Å². The van der Waals surface area contributed by atoms with E-state index in [-0.39, 0.29) is 0 Å². The Labute approximate surface area is 132 Å². The first-order valence-electron chi connectivity index (χ1n) is 6.42. The van der Waals surface area contributed by atoms with Crippen LogP contribution in [0.1, 0.15) is 5.69 Å². The molecule has 0 amide bonds. The number of nitrogens with zero attached hydrogens (tertiary/aromatic N) is 2. The van der Waals surface area contributed by atoms with Crippen molar-refractivity contribution in [3.63, 3.8) is 0 Å². The highest BCUT2D eigenvalue weighted by molar-refractivity contribution is 6.34. The molecular formula is C15H13Cl2N3O. The van der Waals surface area contributed by atoms with Gasteiger partial charge in [0.15, 0.2) is 0 Å². The molecule has 0 fully saturated rings. The first-order valence-corrected chi connectivity index (χ1v) is 7.18. The van der Waals surface area contributed by atoms with Gasteiger partial charge >= 0.3 is 0 Å². The first-order chi connectivity index (χ1) is 10.2. The maximum absolute atomic E-state index is 6.14. The number of fused-ring (bicyclic) bond motifs is 1. The molecule has 2 heterocycles. The number of halogens is 2. The van der Waals surface area contributed by atoms with Crippen LogP contribution >= 0.6 is 23.2 Å². The van der Waals surface area contributed by atoms with Crippen LogP contribution in [0, 0.1) is 0 Å². The van der Waals surface area contributed by atoms with Crippen LogP contribution in [0.5, 0.6) is 11.6 Å². The number of hydrogen-bond acceptors (Lipinski definition) is 3. The molecule has 0 bridgehead atoms. The number of rotatable bonds is 4. The molecule has 0 saturated carbocycles. The quantitative estimate of drug-likeness (QED) is 0.784. The summed E-state index contributed by atoms with van der Waals surface area (Å²) in [7, 11) is 1.87. The predicted octanol–water partition coefficient (Wildman–Crippen LogP) is 4.15. The third-order valence-electron chi connectivity index (χ3n) is 3.04. The lowest BCUT2D eigenvalue weighted by molar-refractivity contribution is 0.457. The van der Waals surface area contributed by atoms with Gasteiger partial charge < -0.3 is 10.1 Å². The zero-order chi connectivity index (χ0) is 14.8. The van der Waals surface area contributed by atoms with Gasteiger partial charge in [-0.3, -0.25) is 4.40 Å². The van der Waals surface area contributed by atoms with E-state index in [1.807, 2.05) is 35.8 Å². The van der Waals surface area contributed by atoms with Crippen LogP contribution < -0.4 is 10.1 Å². The summed E-state index contributed by atoms with van der Waals surface area (Å²) in [6, 6.07) is 10.9. The van der Waals surface area contributed by atoms with E-state index in [0.29, 0.717) is 28.2 Å². The van der Waals surface area contributed by atoms with Gasteiger partial charge in [0.25, 0.3) is 0 Å². The van der Waals surface area contributed by atoms with Gasteiger partial charge in [-0.2, -0.15) is 4.98 Å². The molecule has 3 rings (SSSR count). The van der Waals surface area contributed by atoms with Crippen molar-refractivity contribution in [3.05, 3.63) is 58.3 Å². The van der Waals surface area contributed by atoms with Crippen molar-refractivity contribution in [2.24, 2.45) is 0 Å². The summed E-state index contributed by atoms with van der Waals surface area (Å²) in [4.78, 5) is 4.50. The largest absolute Gasteiger partial charge is 0.436 e. The van der Waals surface area contributed by atoms with Gasteiger partial charge in [0.1, 0.15) is 17.1 Å². The Balaban J connectivity index is 2.07. The van der Waals surface area contributed by atoms with Gasteiger partial charge in [-0.05, 0) is 31.3 Å². The lowest BCUT2D eigenvalue weighted by Gasteiger charge is -2.08. The zero-order valence-corrected chi connectivity index (χ0v) is 12.8. The topological polar surface area (TPSA) is 38.6 Å². The van der Waals surface area contributed by atoms with Gasteiger partial charge in [-0.25, -0.2) is 0 Å². The first kappa shape index (κ1) is 14.2. The SMILES string of the molecule is CNCc1c(Oc2cc(Cl)ccc2Cl)nc2ccccn12. The Morgan fingerprint density at radius 2 is 2.10 bits per heavy atom. The standard InChI is InChI=1S/C15H13Cl2N3O/c1-18-9-12-15(19-14-4-2-3-7-20(12)14)21-13-8-10(16)5-6-11(13)17/h2-8,18H,9H2,1H3. The predicted molar refractivity (Wildman–Crippen MR) is 84.5 cm³/mol. The molecule has 4 nitrogen and oxygen atoms in total. The van der Waals surface area contributed by atoms with Crippen molar-refractivity contribution < 1.29 is 4.74 Å². The molecule has 0 radical (unpaired) electrons. The fourth-order valence-electron chi connectivity index (χ4n) is 2.09. The molecule has 0 aliphatic heterocycles. The summed E-state index contributed by atoms with van der Waals surface area (Å²) >= 11 is 12.1. The summed E-state index contributed by atoms with van der Waals surface area (Å²) in [5.74, 6) is 1.00. The molecular weight excluding hydrogens is 309 g/mol. The van der Waals surface area contributed by atoms with E-state index < -0.39 is 0 Å². The van der Waals surface area contributed by atoms with Crippen LogP contribution in [0.2, 0.25) is 10.0 Å². The Hall–Kier alpha value is -1.75. The third-order valence-corrected chi connectivity index (χ3v) is 3.58. The minimum absolute atomic E-state index is 0.491. The molecule has 0 aliphatic rings.